The molecule has 0 radical (unpaired) electrons. The molecule has 9 unspecified atom stereocenters. The molecule has 3 rings (SSSR count). The SMILES string of the molecule is CCC1CC2C(C)CC(C(C)C)C3CC(C(C)=O)CC(C)(C1C)C23. The number of carbonyl (C=O) groups excluding carboxylic acids is 1. The molecule has 3 saturated carbocycles. The third-order valence-electron chi connectivity index (χ3n) is 9.13. The molecule has 9 atom stereocenters. The zero-order valence-electron chi connectivity index (χ0n) is 17.1. The number of ketones is 1. The molecule has 1 nitrogen and oxygen atoms in total. The Bertz CT molecular complexity index is 480. The van der Waals surface area contributed by atoms with Gasteiger partial charge in [0.2, 0.25) is 0 Å². The summed E-state index contributed by atoms with van der Waals surface area (Å²) in [6.07, 6.45) is 6.51. The second-order valence-corrected chi connectivity index (χ2v) is 10.4. The van der Waals surface area contributed by atoms with Gasteiger partial charge in [-0.25, -0.2) is 0 Å². The van der Waals surface area contributed by atoms with Crippen molar-refractivity contribution in [3.8, 4) is 0 Å². The van der Waals surface area contributed by atoms with Crippen LogP contribution in [-0.2, 0) is 4.79 Å². The minimum Gasteiger partial charge on any atom is -0.300 e. The van der Waals surface area contributed by atoms with Gasteiger partial charge in [-0.1, -0.05) is 48.0 Å². The van der Waals surface area contributed by atoms with Gasteiger partial charge in [0.1, 0.15) is 5.78 Å². The smallest absolute Gasteiger partial charge is 0.132 e. The Morgan fingerprint density at radius 2 is 1.79 bits per heavy atom. The normalized spacial score (nSPS) is 51.3. The van der Waals surface area contributed by atoms with Crippen LogP contribution >= 0.6 is 0 Å². The average Bonchev–Trinajstić information content (AvgIpc) is 2.52. The first kappa shape index (κ1) is 18.5. The third kappa shape index (κ3) is 2.69. The van der Waals surface area contributed by atoms with Gasteiger partial charge in [-0.05, 0) is 85.4 Å². The van der Waals surface area contributed by atoms with Crippen molar-refractivity contribution in [3.63, 3.8) is 0 Å². The molecule has 0 N–H and O–H groups in total. The summed E-state index contributed by atoms with van der Waals surface area (Å²) in [7, 11) is 0. The lowest BCUT2D eigenvalue weighted by molar-refractivity contribution is -0.171. The summed E-state index contributed by atoms with van der Waals surface area (Å²) in [4.78, 5) is 12.4. The number of rotatable bonds is 3. The molecular formula is C23H40O. The van der Waals surface area contributed by atoms with Crippen LogP contribution in [0.1, 0.15) is 80.6 Å². The van der Waals surface area contributed by atoms with E-state index >= 15 is 0 Å². The predicted octanol–water partition coefficient (Wildman–Crippen LogP) is 6.22. The quantitative estimate of drug-likeness (QED) is 0.599. The van der Waals surface area contributed by atoms with Crippen LogP contribution in [0.15, 0.2) is 0 Å². The first-order valence-corrected chi connectivity index (χ1v) is 10.7. The molecule has 0 aromatic rings. The van der Waals surface area contributed by atoms with Gasteiger partial charge < -0.3 is 0 Å². The molecule has 1 heteroatoms. The van der Waals surface area contributed by atoms with Crippen LogP contribution in [0, 0.1) is 58.7 Å². The summed E-state index contributed by atoms with van der Waals surface area (Å²) in [6, 6.07) is 0. The van der Waals surface area contributed by atoms with Crippen LogP contribution in [0.25, 0.3) is 0 Å². The topological polar surface area (TPSA) is 17.1 Å². The van der Waals surface area contributed by atoms with Gasteiger partial charge in [-0.3, -0.25) is 4.79 Å². The van der Waals surface area contributed by atoms with Crippen molar-refractivity contribution in [2.75, 3.05) is 0 Å². The minimum atomic E-state index is 0.324. The summed E-state index contributed by atoms with van der Waals surface area (Å²) in [5.74, 6) is 7.43. The van der Waals surface area contributed by atoms with Crippen LogP contribution in [0.2, 0.25) is 0 Å². The number of hydrogen-bond donors (Lipinski definition) is 0. The summed E-state index contributed by atoms with van der Waals surface area (Å²) in [5.41, 5.74) is 0.380. The molecule has 0 aromatic heterocycles. The maximum atomic E-state index is 12.4. The molecular weight excluding hydrogens is 292 g/mol. The van der Waals surface area contributed by atoms with Crippen LogP contribution in [0.5, 0.6) is 0 Å². The third-order valence-corrected chi connectivity index (χ3v) is 9.13. The molecule has 0 aliphatic heterocycles. The predicted molar refractivity (Wildman–Crippen MR) is 102 cm³/mol. The van der Waals surface area contributed by atoms with Crippen LogP contribution in [0.4, 0.5) is 0 Å². The Morgan fingerprint density at radius 3 is 2.33 bits per heavy atom. The van der Waals surface area contributed by atoms with Gasteiger partial charge in [-0.15, -0.1) is 0 Å². The van der Waals surface area contributed by atoms with E-state index < -0.39 is 0 Å². The lowest BCUT2D eigenvalue weighted by atomic mass is 9.40. The summed E-state index contributed by atoms with van der Waals surface area (Å²) in [6.45, 7) is 16.7. The molecule has 24 heavy (non-hydrogen) atoms. The first-order chi connectivity index (χ1) is 11.2. The lowest BCUT2D eigenvalue weighted by Crippen LogP contribution is -2.59. The number of Topliss-reactive ketones (excluding diaryl/α,β-unsaturated/α-hetero) is 1. The van der Waals surface area contributed by atoms with Crippen LogP contribution in [-0.4, -0.2) is 5.78 Å². The van der Waals surface area contributed by atoms with E-state index in [0.29, 0.717) is 17.1 Å². The van der Waals surface area contributed by atoms with E-state index in [1.165, 1.54) is 25.7 Å². The molecule has 3 aliphatic rings. The molecule has 0 heterocycles. The van der Waals surface area contributed by atoms with Crippen molar-refractivity contribution in [2.24, 2.45) is 58.7 Å². The van der Waals surface area contributed by atoms with Crippen molar-refractivity contribution >= 4 is 5.78 Å². The molecule has 0 aromatic carbocycles. The average molecular weight is 333 g/mol. The molecule has 3 fully saturated rings. The highest BCUT2D eigenvalue weighted by molar-refractivity contribution is 5.78. The van der Waals surface area contributed by atoms with E-state index in [-0.39, 0.29) is 0 Å². The van der Waals surface area contributed by atoms with Crippen molar-refractivity contribution in [3.05, 3.63) is 0 Å². The highest BCUT2D eigenvalue weighted by Gasteiger charge is 2.60. The van der Waals surface area contributed by atoms with E-state index in [2.05, 4.69) is 41.5 Å². The summed E-state index contributed by atoms with van der Waals surface area (Å²) < 4.78 is 0. The number of carbonyl (C=O) groups is 1. The highest BCUT2D eigenvalue weighted by atomic mass is 16.1. The van der Waals surface area contributed by atoms with E-state index in [1.807, 2.05) is 6.92 Å². The Morgan fingerprint density at radius 1 is 1.12 bits per heavy atom. The standard InChI is InChI=1S/C23H40O/c1-8-17-10-20-14(4)9-19(13(2)3)21-11-18(16(6)24)12-23(7,15(17)5)22(20)21/h13-15,17-22H,8-12H2,1-7H3. The van der Waals surface area contributed by atoms with Crippen molar-refractivity contribution in [2.45, 2.75) is 80.6 Å². The zero-order valence-corrected chi connectivity index (χ0v) is 17.1. The van der Waals surface area contributed by atoms with Gasteiger partial charge in [0.05, 0.1) is 0 Å². The van der Waals surface area contributed by atoms with Gasteiger partial charge in [0.25, 0.3) is 0 Å². The maximum Gasteiger partial charge on any atom is 0.132 e. The Balaban J connectivity index is 2.04. The van der Waals surface area contributed by atoms with Crippen molar-refractivity contribution in [1.82, 2.24) is 0 Å². The molecule has 138 valence electrons. The van der Waals surface area contributed by atoms with Gasteiger partial charge in [0.15, 0.2) is 0 Å². The second-order valence-electron chi connectivity index (χ2n) is 10.4. The molecule has 0 saturated heterocycles. The molecule has 0 spiro atoms. The monoisotopic (exact) mass is 332 g/mol. The fourth-order valence-corrected chi connectivity index (χ4v) is 7.65. The lowest BCUT2D eigenvalue weighted by Gasteiger charge is -2.65. The van der Waals surface area contributed by atoms with E-state index in [1.54, 1.807) is 0 Å². The summed E-state index contributed by atoms with van der Waals surface area (Å²) in [5, 5.41) is 0. The summed E-state index contributed by atoms with van der Waals surface area (Å²) >= 11 is 0. The largest absolute Gasteiger partial charge is 0.300 e. The van der Waals surface area contributed by atoms with Gasteiger partial charge in [0, 0.05) is 5.92 Å². The number of hydrogen-bond acceptors (Lipinski definition) is 1. The minimum absolute atomic E-state index is 0.324. The highest BCUT2D eigenvalue weighted by Crippen LogP contribution is 2.66. The Hall–Kier alpha value is -0.330. The second kappa shape index (κ2) is 6.44. The van der Waals surface area contributed by atoms with Crippen LogP contribution < -0.4 is 0 Å². The van der Waals surface area contributed by atoms with Crippen LogP contribution in [0.3, 0.4) is 0 Å². The van der Waals surface area contributed by atoms with Crippen molar-refractivity contribution < 1.29 is 4.79 Å². The molecule has 0 amide bonds. The fourth-order valence-electron chi connectivity index (χ4n) is 7.65. The first-order valence-electron chi connectivity index (χ1n) is 10.7. The van der Waals surface area contributed by atoms with E-state index in [9.17, 15) is 4.79 Å². The zero-order chi connectivity index (χ0) is 17.8. The molecule has 0 bridgehead atoms. The van der Waals surface area contributed by atoms with E-state index in [0.717, 1.165) is 53.8 Å². The Kier molecular flexibility index (Phi) is 4.95. The fraction of sp³-hybridized carbons (Fsp3) is 0.957. The Labute approximate surface area is 150 Å². The van der Waals surface area contributed by atoms with Crippen molar-refractivity contribution in [1.29, 1.82) is 0 Å². The molecule has 3 aliphatic carbocycles. The van der Waals surface area contributed by atoms with Gasteiger partial charge >= 0.3 is 0 Å². The van der Waals surface area contributed by atoms with Gasteiger partial charge in [-0.2, -0.15) is 0 Å². The van der Waals surface area contributed by atoms with E-state index in [4.69, 9.17) is 0 Å². The maximum absolute atomic E-state index is 12.4.